The van der Waals surface area contributed by atoms with E-state index in [2.05, 4.69) is 20.3 Å². The molecule has 144 valence electrons. The van der Waals surface area contributed by atoms with Crippen LogP contribution >= 0.6 is 23.6 Å². The molecule has 1 aliphatic carbocycles. The Labute approximate surface area is 171 Å². The molecule has 1 saturated carbocycles. The second-order valence-corrected chi connectivity index (χ2v) is 8.07. The molecule has 0 spiro atoms. The maximum atomic E-state index is 12.4. The lowest BCUT2D eigenvalue weighted by atomic mass is 10.1. The van der Waals surface area contributed by atoms with Crippen molar-refractivity contribution in [2.75, 3.05) is 4.90 Å². The molecule has 2 heterocycles. The molecule has 0 radical (unpaired) electrons. The van der Waals surface area contributed by atoms with Crippen LogP contribution in [0.25, 0.3) is 0 Å². The Morgan fingerprint density at radius 2 is 2.21 bits per heavy atom. The van der Waals surface area contributed by atoms with Gasteiger partial charge in [0.15, 0.2) is 11.0 Å². The molecule has 1 fully saturated rings. The number of hydrogen-bond acceptors (Lipinski definition) is 6. The lowest BCUT2D eigenvalue weighted by molar-refractivity contribution is -0.115. The third kappa shape index (κ3) is 3.55. The molecule has 28 heavy (non-hydrogen) atoms. The monoisotopic (exact) mass is 412 g/mol. The van der Waals surface area contributed by atoms with Crippen LogP contribution in [0.15, 0.2) is 28.7 Å². The first kappa shape index (κ1) is 18.7. The number of aryl methyl sites for hydroxylation is 1. The zero-order valence-corrected chi connectivity index (χ0v) is 17.5. The number of nitrogens with zero attached hydrogens (tertiary/aromatic N) is 5. The minimum Gasteiger partial charge on any atom is -0.274 e. The molecule has 3 aromatic rings. The van der Waals surface area contributed by atoms with Crippen molar-refractivity contribution >= 4 is 46.5 Å². The summed E-state index contributed by atoms with van der Waals surface area (Å²) in [6.07, 6.45) is 3.87. The minimum atomic E-state index is -0.0837. The second kappa shape index (κ2) is 7.40. The summed E-state index contributed by atoms with van der Waals surface area (Å²) in [5.74, 6) is 1.20. The topological polar surface area (TPSA) is 79.2 Å². The Balaban J connectivity index is 1.64. The van der Waals surface area contributed by atoms with E-state index < -0.39 is 0 Å². The van der Waals surface area contributed by atoms with E-state index in [1.165, 1.54) is 11.3 Å². The third-order valence-electron chi connectivity index (χ3n) is 4.76. The molecular weight excluding hydrogens is 392 g/mol. The highest BCUT2D eigenvalue weighted by atomic mass is 32.1. The standard InChI is InChI=1S/C19H20N6OS2/c1-11-5-4-6-16(12(11)2)24(13(3)26)19-21-15(10-28-19)9-20-25-17(14-7-8-14)22-23-18(25)27/h4-6,9-10,14H,7-8H2,1-3H3,(H,23,27)/b20-9-. The molecular formula is C19H20N6OS2. The first-order valence-electron chi connectivity index (χ1n) is 9.00. The van der Waals surface area contributed by atoms with E-state index in [1.54, 1.807) is 22.7 Å². The summed E-state index contributed by atoms with van der Waals surface area (Å²) >= 11 is 6.67. The molecule has 9 heteroatoms. The van der Waals surface area contributed by atoms with Crippen LogP contribution in [-0.4, -0.2) is 32.0 Å². The van der Waals surface area contributed by atoms with Crippen molar-refractivity contribution in [3.05, 3.63) is 51.0 Å². The Kier molecular flexibility index (Phi) is 4.94. The highest BCUT2D eigenvalue weighted by Crippen LogP contribution is 2.38. The fourth-order valence-corrected chi connectivity index (χ4v) is 3.98. The average Bonchev–Trinajstić information content (AvgIpc) is 3.29. The minimum absolute atomic E-state index is 0.0837. The Morgan fingerprint density at radius 3 is 2.93 bits per heavy atom. The molecule has 1 aliphatic rings. The number of benzene rings is 1. The molecule has 0 saturated heterocycles. The van der Waals surface area contributed by atoms with Crippen molar-refractivity contribution in [1.82, 2.24) is 19.9 Å². The largest absolute Gasteiger partial charge is 0.274 e. The van der Waals surface area contributed by atoms with Gasteiger partial charge in [-0.15, -0.1) is 11.3 Å². The fraction of sp³-hybridized carbons (Fsp3) is 0.316. The number of carbonyl (C=O) groups is 1. The SMILES string of the molecule is CC(=O)N(c1nc(/C=N\n2c(C3CC3)n[nH]c2=S)cs1)c1cccc(C)c1C. The van der Waals surface area contributed by atoms with Crippen molar-refractivity contribution in [2.45, 2.75) is 39.5 Å². The van der Waals surface area contributed by atoms with Gasteiger partial charge in [0.05, 0.1) is 17.6 Å². The van der Waals surface area contributed by atoms with Gasteiger partial charge >= 0.3 is 0 Å². The summed E-state index contributed by atoms with van der Waals surface area (Å²) in [4.78, 5) is 18.6. The highest BCUT2D eigenvalue weighted by Gasteiger charge is 2.29. The van der Waals surface area contributed by atoms with Gasteiger partial charge in [-0.1, -0.05) is 12.1 Å². The van der Waals surface area contributed by atoms with E-state index in [0.29, 0.717) is 21.5 Å². The van der Waals surface area contributed by atoms with E-state index in [9.17, 15) is 4.79 Å². The lowest BCUT2D eigenvalue weighted by Crippen LogP contribution is -2.23. The second-order valence-electron chi connectivity index (χ2n) is 6.85. The number of aromatic nitrogens is 4. The first-order valence-corrected chi connectivity index (χ1v) is 10.3. The van der Waals surface area contributed by atoms with Gasteiger partial charge < -0.3 is 0 Å². The van der Waals surface area contributed by atoms with Crippen molar-refractivity contribution in [3.8, 4) is 0 Å². The van der Waals surface area contributed by atoms with Gasteiger partial charge in [-0.25, -0.2) is 4.98 Å². The molecule has 2 aromatic heterocycles. The molecule has 1 N–H and O–H groups in total. The predicted molar refractivity (Wildman–Crippen MR) is 113 cm³/mol. The summed E-state index contributed by atoms with van der Waals surface area (Å²) in [6.45, 7) is 5.59. The zero-order chi connectivity index (χ0) is 19.8. The van der Waals surface area contributed by atoms with Gasteiger partial charge in [0.1, 0.15) is 0 Å². The van der Waals surface area contributed by atoms with E-state index in [4.69, 9.17) is 12.2 Å². The predicted octanol–water partition coefficient (Wildman–Crippen LogP) is 4.46. The molecule has 0 aliphatic heterocycles. The van der Waals surface area contributed by atoms with E-state index in [1.807, 2.05) is 37.4 Å². The zero-order valence-electron chi connectivity index (χ0n) is 15.8. The number of amides is 1. The summed E-state index contributed by atoms with van der Waals surface area (Å²) in [6, 6.07) is 5.92. The van der Waals surface area contributed by atoms with E-state index in [0.717, 1.165) is 35.5 Å². The number of carbonyl (C=O) groups excluding carboxylic acids is 1. The first-order chi connectivity index (χ1) is 13.5. The molecule has 1 amide bonds. The number of anilines is 2. The van der Waals surface area contributed by atoms with E-state index >= 15 is 0 Å². The summed E-state index contributed by atoms with van der Waals surface area (Å²) in [5, 5.41) is 14.0. The number of thiazole rings is 1. The highest BCUT2D eigenvalue weighted by molar-refractivity contribution is 7.71. The average molecular weight is 413 g/mol. The number of nitrogens with one attached hydrogen (secondary N) is 1. The Bertz CT molecular complexity index is 1120. The van der Waals surface area contributed by atoms with Crippen LogP contribution in [0, 0.1) is 18.6 Å². The van der Waals surface area contributed by atoms with Crippen molar-refractivity contribution < 1.29 is 4.79 Å². The van der Waals surface area contributed by atoms with Crippen LogP contribution in [0.3, 0.4) is 0 Å². The molecule has 1 aromatic carbocycles. The number of hydrogen-bond donors (Lipinski definition) is 1. The Morgan fingerprint density at radius 1 is 1.43 bits per heavy atom. The van der Waals surface area contributed by atoms with Gasteiger partial charge in [-0.3, -0.25) is 14.8 Å². The van der Waals surface area contributed by atoms with Gasteiger partial charge in [-0.05, 0) is 56.1 Å². The third-order valence-corrected chi connectivity index (χ3v) is 5.86. The van der Waals surface area contributed by atoms with Crippen LogP contribution < -0.4 is 4.90 Å². The maximum Gasteiger partial charge on any atom is 0.230 e. The summed E-state index contributed by atoms with van der Waals surface area (Å²) < 4.78 is 2.12. The van der Waals surface area contributed by atoms with Crippen LogP contribution in [0.1, 0.15) is 48.3 Å². The van der Waals surface area contributed by atoms with Crippen LogP contribution in [0.4, 0.5) is 10.8 Å². The van der Waals surface area contributed by atoms with Crippen molar-refractivity contribution in [3.63, 3.8) is 0 Å². The van der Waals surface area contributed by atoms with Gasteiger partial charge in [0.25, 0.3) is 0 Å². The number of H-pyrrole nitrogens is 1. The quantitative estimate of drug-likeness (QED) is 0.496. The van der Waals surface area contributed by atoms with Gasteiger partial charge in [0.2, 0.25) is 10.7 Å². The summed E-state index contributed by atoms with van der Waals surface area (Å²) in [5.41, 5.74) is 3.70. The molecule has 0 bridgehead atoms. The normalized spacial score (nSPS) is 14.0. The molecule has 7 nitrogen and oxygen atoms in total. The van der Waals surface area contributed by atoms with Crippen molar-refractivity contribution in [2.24, 2.45) is 5.10 Å². The van der Waals surface area contributed by atoms with Crippen LogP contribution in [0.5, 0.6) is 0 Å². The van der Waals surface area contributed by atoms with Crippen molar-refractivity contribution in [1.29, 1.82) is 0 Å². The summed E-state index contributed by atoms with van der Waals surface area (Å²) in [7, 11) is 0. The number of aromatic amines is 1. The van der Waals surface area contributed by atoms with Crippen LogP contribution in [-0.2, 0) is 4.79 Å². The lowest BCUT2D eigenvalue weighted by Gasteiger charge is -2.21. The van der Waals surface area contributed by atoms with Gasteiger partial charge in [0, 0.05) is 18.2 Å². The smallest absolute Gasteiger partial charge is 0.230 e. The molecule has 4 rings (SSSR count). The van der Waals surface area contributed by atoms with Gasteiger partial charge in [-0.2, -0.15) is 14.9 Å². The molecule has 0 unspecified atom stereocenters. The Hall–Kier alpha value is -2.65. The van der Waals surface area contributed by atoms with Crippen LogP contribution in [0.2, 0.25) is 0 Å². The fourth-order valence-electron chi connectivity index (χ4n) is 2.96. The number of rotatable bonds is 5. The maximum absolute atomic E-state index is 12.4. The molecule has 0 atom stereocenters. The van der Waals surface area contributed by atoms with E-state index in [-0.39, 0.29) is 5.91 Å².